The van der Waals surface area contributed by atoms with Crippen LogP contribution in [-0.2, 0) is 20.9 Å². The van der Waals surface area contributed by atoms with Crippen molar-refractivity contribution in [3.8, 4) is 5.75 Å². The van der Waals surface area contributed by atoms with E-state index >= 15 is 0 Å². The first-order chi connectivity index (χ1) is 14.5. The molecule has 0 aliphatic carbocycles. The minimum atomic E-state index is -0.430. The standard InChI is InChI=1S/C22H34N4O4/c1-17-14-18(4-5-20(17)30-3)16-26-7-6-23-22(28)19(26)15-21(27)25-10-8-24(9-11-25)12-13-29-2/h4-5,14,19H,6-13,15-16H2,1-3H3,(H,23,28). The molecule has 166 valence electrons. The maximum absolute atomic E-state index is 12.9. The van der Waals surface area contributed by atoms with Gasteiger partial charge in [-0.1, -0.05) is 12.1 Å². The molecule has 1 unspecified atom stereocenters. The Morgan fingerprint density at radius 3 is 2.60 bits per heavy atom. The van der Waals surface area contributed by atoms with Crippen LogP contribution in [0.1, 0.15) is 17.5 Å². The topological polar surface area (TPSA) is 74.4 Å². The van der Waals surface area contributed by atoms with Gasteiger partial charge in [0.25, 0.3) is 0 Å². The molecule has 0 spiro atoms. The smallest absolute Gasteiger partial charge is 0.237 e. The molecular formula is C22H34N4O4. The van der Waals surface area contributed by atoms with Gasteiger partial charge in [0.05, 0.1) is 26.2 Å². The normalized spacial score (nSPS) is 20.8. The van der Waals surface area contributed by atoms with E-state index in [0.717, 1.165) is 43.1 Å². The van der Waals surface area contributed by atoms with Crippen LogP contribution in [0.4, 0.5) is 0 Å². The van der Waals surface area contributed by atoms with Crippen LogP contribution in [0.25, 0.3) is 0 Å². The van der Waals surface area contributed by atoms with Gasteiger partial charge in [0.2, 0.25) is 11.8 Å². The Balaban J connectivity index is 1.59. The molecule has 2 fully saturated rings. The molecule has 3 rings (SSSR count). The van der Waals surface area contributed by atoms with Crippen LogP contribution < -0.4 is 10.1 Å². The SMILES string of the molecule is COCCN1CCN(C(=O)CC2C(=O)NCCN2Cc2ccc(OC)c(C)c2)CC1. The number of aryl methyl sites for hydroxylation is 1. The fourth-order valence-corrected chi connectivity index (χ4v) is 4.18. The third kappa shape index (κ3) is 5.71. The number of methoxy groups -OCH3 is 2. The number of rotatable bonds is 8. The first-order valence-electron chi connectivity index (χ1n) is 10.7. The molecule has 8 heteroatoms. The Hall–Kier alpha value is -2.16. The average Bonchev–Trinajstić information content (AvgIpc) is 2.75. The number of amides is 2. The zero-order valence-corrected chi connectivity index (χ0v) is 18.4. The second-order valence-electron chi connectivity index (χ2n) is 8.00. The zero-order valence-electron chi connectivity index (χ0n) is 18.4. The molecule has 2 heterocycles. The van der Waals surface area contributed by atoms with Gasteiger partial charge >= 0.3 is 0 Å². The van der Waals surface area contributed by atoms with E-state index in [-0.39, 0.29) is 18.2 Å². The molecule has 1 atom stereocenters. The Kier molecular flexibility index (Phi) is 8.07. The lowest BCUT2D eigenvalue weighted by molar-refractivity contribution is -0.140. The number of nitrogens with zero attached hydrogens (tertiary/aromatic N) is 3. The van der Waals surface area contributed by atoms with Crippen molar-refractivity contribution < 1.29 is 19.1 Å². The quantitative estimate of drug-likeness (QED) is 0.662. The van der Waals surface area contributed by atoms with Crippen molar-refractivity contribution in [2.24, 2.45) is 0 Å². The van der Waals surface area contributed by atoms with E-state index in [9.17, 15) is 9.59 Å². The van der Waals surface area contributed by atoms with Crippen LogP contribution in [0.2, 0.25) is 0 Å². The number of carbonyl (C=O) groups excluding carboxylic acids is 2. The maximum Gasteiger partial charge on any atom is 0.237 e. The summed E-state index contributed by atoms with van der Waals surface area (Å²) in [5, 5.41) is 2.92. The molecule has 8 nitrogen and oxygen atoms in total. The van der Waals surface area contributed by atoms with Gasteiger partial charge in [0.1, 0.15) is 5.75 Å². The number of benzene rings is 1. The zero-order chi connectivity index (χ0) is 21.5. The van der Waals surface area contributed by atoms with Crippen molar-refractivity contribution in [3.05, 3.63) is 29.3 Å². The first kappa shape index (κ1) is 22.5. The Bertz CT molecular complexity index is 734. The maximum atomic E-state index is 12.9. The molecule has 0 radical (unpaired) electrons. The molecule has 2 amide bonds. The van der Waals surface area contributed by atoms with Gasteiger partial charge in [-0.25, -0.2) is 0 Å². The number of hydrogen-bond donors (Lipinski definition) is 1. The summed E-state index contributed by atoms with van der Waals surface area (Å²) in [6.07, 6.45) is 0.221. The van der Waals surface area contributed by atoms with Crippen molar-refractivity contribution in [1.82, 2.24) is 20.0 Å². The van der Waals surface area contributed by atoms with E-state index in [1.807, 2.05) is 24.0 Å². The monoisotopic (exact) mass is 418 g/mol. The molecule has 0 bridgehead atoms. The van der Waals surface area contributed by atoms with Crippen LogP contribution >= 0.6 is 0 Å². The number of hydrogen-bond acceptors (Lipinski definition) is 6. The van der Waals surface area contributed by atoms with Crippen LogP contribution in [-0.4, -0.2) is 99.2 Å². The van der Waals surface area contributed by atoms with E-state index in [2.05, 4.69) is 21.2 Å². The van der Waals surface area contributed by atoms with Gasteiger partial charge in [0, 0.05) is 59.5 Å². The molecule has 2 saturated heterocycles. The highest BCUT2D eigenvalue weighted by atomic mass is 16.5. The summed E-state index contributed by atoms with van der Waals surface area (Å²) in [4.78, 5) is 31.8. The highest BCUT2D eigenvalue weighted by Crippen LogP contribution is 2.21. The highest BCUT2D eigenvalue weighted by molar-refractivity contribution is 5.88. The molecule has 0 saturated carbocycles. The number of piperazine rings is 2. The second kappa shape index (κ2) is 10.7. The van der Waals surface area contributed by atoms with Gasteiger partial charge in [-0.2, -0.15) is 0 Å². The summed E-state index contributed by atoms with van der Waals surface area (Å²) >= 11 is 0. The molecule has 1 aromatic rings. The lowest BCUT2D eigenvalue weighted by Crippen LogP contribution is -2.57. The summed E-state index contributed by atoms with van der Waals surface area (Å²) in [6, 6.07) is 5.64. The molecule has 1 N–H and O–H groups in total. The Morgan fingerprint density at radius 2 is 1.93 bits per heavy atom. The number of carbonyl (C=O) groups is 2. The van der Waals surface area contributed by atoms with E-state index < -0.39 is 6.04 Å². The molecule has 2 aliphatic heterocycles. The summed E-state index contributed by atoms with van der Waals surface area (Å²) in [5.74, 6) is 0.851. The number of nitrogens with one attached hydrogen (secondary N) is 1. The van der Waals surface area contributed by atoms with Crippen LogP contribution in [0.5, 0.6) is 5.75 Å². The molecule has 0 aromatic heterocycles. The fraction of sp³-hybridized carbons (Fsp3) is 0.636. The van der Waals surface area contributed by atoms with E-state index in [1.54, 1.807) is 14.2 Å². The van der Waals surface area contributed by atoms with Crippen molar-refractivity contribution in [3.63, 3.8) is 0 Å². The van der Waals surface area contributed by atoms with Gasteiger partial charge in [-0.3, -0.25) is 19.4 Å². The first-order valence-corrected chi connectivity index (χ1v) is 10.7. The van der Waals surface area contributed by atoms with Crippen LogP contribution in [0, 0.1) is 6.92 Å². The molecule has 1 aromatic carbocycles. The third-order valence-corrected chi connectivity index (χ3v) is 5.99. The van der Waals surface area contributed by atoms with Crippen molar-refractivity contribution in [1.29, 1.82) is 0 Å². The predicted octanol–water partition coefficient (Wildman–Crippen LogP) is 0.485. The van der Waals surface area contributed by atoms with Gasteiger partial charge in [-0.15, -0.1) is 0 Å². The fourth-order valence-electron chi connectivity index (χ4n) is 4.18. The average molecular weight is 419 g/mol. The summed E-state index contributed by atoms with van der Waals surface area (Å²) < 4.78 is 10.5. The largest absolute Gasteiger partial charge is 0.496 e. The Labute approximate surface area is 179 Å². The van der Waals surface area contributed by atoms with Crippen LogP contribution in [0.3, 0.4) is 0 Å². The molecule has 2 aliphatic rings. The minimum Gasteiger partial charge on any atom is -0.496 e. The Morgan fingerprint density at radius 1 is 1.17 bits per heavy atom. The number of ether oxygens (including phenoxy) is 2. The van der Waals surface area contributed by atoms with E-state index in [1.165, 1.54) is 0 Å². The summed E-state index contributed by atoms with van der Waals surface area (Å²) in [6.45, 7) is 8.69. The van der Waals surface area contributed by atoms with E-state index in [0.29, 0.717) is 32.8 Å². The van der Waals surface area contributed by atoms with Gasteiger partial charge in [-0.05, 0) is 24.1 Å². The van der Waals surface area contributed by atoms with Crippen molar-refractivity contribution in [2.45, 2.75) is 25.9 Å². The van der Waals surface area contributed by atoms with Crippen molar-refractivity contribution >= 4 is 11.8 Å². The lowest BCUT2D eigenvalue weighted by atomic mass is 10.0. The minimum absolute atomic E-state index is 0.0550. The van der Waals surface area contributed by atoms with Crippen molar-refractivity contribution in [2.75, 3.05) is 66.6 Å². The van der Waals surface area contributed by atoms with Gasteiger partial charge < -0.3 is 19.7 Å². The van der Waals surface area contributed by atoms with Crippen LogP contribution in [0.15, 0.2) is 18.2 Å². The summed E-state index contributed by atoms with van der Waals surface area (Å²) in [7, 11) is 3.37. The predicted molar refractivity (Wildman–Crippen MR) is 114 cm³/mol. The molecule has 30 heavy (non-hydrogen) atoms. The third-order valence-electron chi connectivity index (χ3n) is 5.99. The highest BCUT2D eigenvalue weighted by Gasteiger charge is 2.33. The van der Waals surface area contributed by atoms with E-state index in [4.69, 9.17) is 9.47 Å². The second-order valence-corrected chi connectivity index (χ2v) is 8.00. The lowest BCUT2D eigenvalue weighted by Gasteiger charge is -2.38. The summed E-state index contributed by atoms with van der Waals surface area (Å²) in [5.41, 5.74) is 2.18. The van der Waals surface area contributed by atoms with Gasteiger partial charge in [0.15, 0.2) is 0 Å². The molecular weight excluding hydrogens is 384 g/mol.